The van der Waals surface area contributed by atoms with Crippen molar-refractivity contribution in [3.63, 3.8) is 0 Å². The van der Waals surface area contributed by atoms with Gasteiger partial charge in [-0.1, -0.05) is 35.5 Å². The molecule has 0 saturated carbocycles. The fourth-order valence-electron chi connectivity index (χ4n) is 2.50. The number of amides is 1. The summed E-state index contributed by atoms with van der Waals surface area (Å²) in [7, 11) is 0. The molecule has 22 heavy (non-hydrogen) atoms. The summed E-state index contributed by atoms with van der Waals surface area (Å²) >= 11 is 0. The van der Waals surface area contributed by atoms with E-state index in [9.17, 15) is 4.79 Å². The zero-order valence-electron chi connectivity index (χ0n) is 12.8. The molecule has 112 valence electrons. The number of carbonyl (C=O) groups is 1. The van der Waals surface area contributed by atoms with Crippen LogP contribution in [0.25, 0.3) is 11.1 Å². The largest absolute Gasteiger partial charge is 0.345 e. The van der Waals surface area contributed by atoms with Gasteiger partial charge in [-0.3, -0.25) is 4.79 Å². The van der Waals surface area contributed by atoms with Gasteiger partial charge in [0, 0.05) is 5.69 Å². The van der Waals surface area contributed by atoms with E-state index >= 15 is 0 Å². The molecule has 0 bridgehead atoms. The first-order valence-corrected chi connectivity index (χ1v) is 7.15. The zero-order valence-corrected chi connectivity index (χ0v) is 12.8. The quantitative estimate of drug-likeness (QED) is 0.804. The summed E-state index contributed by atoms with van der Waals surface area (Å²) in [4.78, 5) is 16.9. The van der Waals surface area contributed by atoms with Gasteiger partial charge in [0.05, 0.1) is 22.7 Å². The predicted octanol–water partition coefficient (Wildman–Crippen LogP) is 3.33. The lowest BCUT2D eigenvalue weighted by molar-refractivity contribution is 0.0941. The molecule has 0 aliphatic heterocycles. The molecule has 0 fully saturated rings. The third-order valence-electron chi connectivity index (χ3n) is 3.64. The van der Waals surface area contributed by atoms with E-state index in [1.54, 1.807) is 13.0 Å². The normalized spacial score (nSPS) is 12.3. The van der Waals surface area contributed by atoms with Crippen LogP contribution in [-0.2, 0) is 0 Å². The number of fused-ring (bicyclic) bond motifs is 1. The molecule has 2 heterocycles. The van der Waals surface area contributed by atoms with E-state index in [1.165, 1.54) is 0 Å². The van der Waals surface area contributed by atoms with Gasteiger partial charge in [0.15, 0.2) is 0 Å². The summed E-state index contributed by atoms with van der Waals surface area (Å²) in [5.41, 5.74) is 3.39. The molecular formula is C17H17N3O2. The Morgan fingerprint density at radius 2 is 1.95 bits per heavy atom. The Morgan fingerprint density at radius 3 is 2.68 bits per heavy atom. The number of carbonyl (C=O) groups excluding carboxylic acids is 1. The Kier molecular flexibility index (Phi) is 3.63. The van der Waals surface area contributed by atoms with Crippen LogP contribution in [-0.4, -0.2) is 16.0 Å². The number of rotatable bonds is 3. The van der Waals surface area contributed by atoms with Crippen LogP contribution in [0.4, 0.5) is 0 Å². The molecule has 3 aromatic rings. The highest BCUT2D eigenvalue weighted by atomic mass is 16.5. The Bertz CT molecular complexity index is 825. The highest BCUT2D eigenvalue weighted by molar-refractivity contribution is 6.06. The number of aryl methyl sites for hydroxylation is 2. The van der Waals surface area contributed by atoms with Crippen LogP contribution in [0.2, 0.25) is 0 Å². The van der Waals surface area contributed by atoms with E-state index < -0.39 is 0 Å². The van der Waals surface area contributed by atoms with Crippen molar-refractivity contribution >= 4 is 17.0 Å². The minimum absolute atomic E-state index is 0.0858. The minimum Gasteiger partial charge on any atom is -0.345 e. The van der Waals surface area contributed by atoms with Crippen LogP contribution >= 0.6 is 0 Å². The van der Waals surface area contributed by atoms with Crippen LogP contribution in [0.1, 0.15) is 40.3 Å². The van der Waals surface area contributed by atoms with E-state index in [-0.39, 0.29) is 11.9 Å². The minimum atomic E-state index is -0.154. The molecule has 1 aromatic carbocycles. The van der Waals surface area contributed by atoms with Gasteiger partial charge in [-0.05, 0) is 32.4 Å². The molecule has 0 spiro atoms. The van der Waals surface area contributed by atoms with Crippen molar-refractivity contribution in [2.24, 2.45) is 0 Å². The fraction of sp³-hybridized carbons (Fsp3) is 0.235. The molecule has 0 aliphatic rings. The van der Waals surface area contributed by atoms with E-state index in [0.29, 0.717) is 22.4 Å². The molecule has 0 unspecified atom stereocenters. The van der Waals surface area contributed by atoms with Gasteiger partial charge in [0.25, 0.3) is 11.6 Å². The summed E-state index contributed by atoms with van der Waals surface area (Å²) in [5.74, 6) is -0.154. The second-order valence-electron chi connectivity index (χ2n) is 5.37. The molecule has 2 aromatic heterocycles. The van der Waals surface area contributed by atoms with Crippen LogP contribution in [0.15, 0.2) is 40.9 Å². The number of nitrogens with one attached hydrogen (secondary N) is 1. The summed E-state index contributed by atoms with van der Waals surface area (Å²) in [5, 5.41) is 7.58. The van der Waals surface area contributed by atoms with E-state index in [4.69, 9.17) is 4.52 Å². The maximum atomic E-state index is 12.6. The maximum absolute atomic E-state index is 12.6. The average Bonchev–Trinajstić information content (AvgIpc) is 2.88. The summed E-state index contributed by atoms with van der Waals surface area (Å²) < 4.78 is 5.17. The third kappa shape index (κ3) is 2.57. The second-order valence-corrected chi connectivity index (χ2v) is 5.37. The molecule has 5 heteroatoms. The lowest BCUT2D eigenvalue weighted by atomic mass is 10.1. The van der Waals surface area contributed by atoms with Crippen molar-refractivity contribution in [1.82, 2.24) is 15.5 Å². The number of hydrogen-bond donors (Lipinski definition) is 1. The standard InChI is InChI=1S/C17H17N3O2/c1-10-9-14(15-12(3)20-22-17(15)18-10)16(21)19-11(2)13-7-5-4-6-8-13/h4-9,11H,1-3H3,(H,19,21)/t11-/m0/s1. The molecule has 0 radical (unpaired) electrons. The average molecular weight is 295 g/mol. The topological polar surface area (TPSA) is 68.0 Å². The van der Waals surface area contributed by atoms with Crippen LogP contribution in [0.5, 0.6) is 0 Å². The molecule has 5 nitrogen and oxygen atoms in total. The maximum Gasteiger partial charge on any atom is 0.258 e. The predicted molar refractivity (Wildman–Crippen MR) is 83.6 cm³/mol. The van der Waals surface area contributed by atoms with Crippen molar-refractivity contribution in [2.75, 3.05) is 0 Å². The molecule has 3 rings (SSSR count). The third-order valence-corrected chi connectivity index (χ3v) is 3.64. The monoisotopic (exact) mass is 295 g/mol. The fourth-order valence-corrected chi connectivity index (χ4v) is 2.50. The van der Waals surface area contributed by atoms with E-state index in [1.807, 2.05) is 44.2 Å². The number of pyridine rings is 1. The Labute approximate surface area is 128 Å². The van der Waals surface area contributed by atoms with Crippen molar-refractivity contribution in [3.05, 3.63) is 58.9 Å². The Morgan fingerprint density at radius 1 is 1.23 bits per heavy atom. The SMILES string of the molecule is Cc1cc(C(=O)N[C@@H](C)c2ccccc2)c2c(C)noc2n1. The number of nitrogens with zero attached hydrogens (tertiary/aromatic N) is 2. The number of aromatic nitrogens is 2. The van der Waals surface area contributed by atoms with Crippen LogP contribution in [0.3, 0.4) is 0 Å². The second kappa shape index (κ2) is 5.60. The highest BCUT2D eigenvalue weighted by Gasteiger charge is 2.19. The van der Waals surface area contributed by atoms with Gasteiger partial charge < -0.3 is 9.84 Å². The van der Waals surface area contributed by atoms with Gasteiger partial charge in [0.1, 0.15) is 0 Å². The molecular weight excluding hydrogens is 278 g/mol. The molecule has 1 amide bonds. The van der Waals surface area contributed by atoms with Crippen molar-refractivity contribution in [3.8, 4) is 0 Å². The Hall–Kier alpha value is -2.69. The van der Waals surface area contributed by atoms with Crippen molar-refractivity contribution < 1.29 is 9.32 Å². The zero-order chi connectivity index (χ0) is 15.7. The van der Waals surface area contributed by atoms with Gasteiger partial charge in [-0.15, -0.1) is 0 Å². The molecule has 0 saturated heterocycles. The van der Waals surface area contributed by atoms with Crippen LogP contribution < -0.4 is 5.32 Å². The van der Waals surface area contributed by atoms with E-state index in [0.717, 1.165) is 11.3 Å². The summed E-state index contributed by atoms with van der Waals surface area (Å²) in [6.07, 6.45) is 0. The van der Waals surface area contributed by atoms with Crippen molar-refractivity contribution in [2.45, 2.75) is 26.8 Å². The van der Waals surface area contributed by atoms with Crippen molar-refractivity contribution in [1.29, 1.82) is 0 Å². The Balaban J connectivity index is 1.94. The number of benzene rings is 1. The van der Waals surface area contributed by atoms with Gasteiger partial charge in [0.2, 0.25) is 0 Å². The van der Waals surface area contributed by atoms with E-state index in [2.05, 4.69) is 15.5 Å². The smallest absolute Gasteiger partial charge is 0.258 e. The van der Waals surface area contributed by atoms with Gasteiger partial charge in [-0.25, -0.2) is 4.98 Å². The molecule has 1 atom stereocenters. The lowest BCUT2D eigenvalue weighted by Gasteiger charge is -2.14. The first-order chi connectivity index (χ1) is 10.6. The van der Waals surface area contributed by atoms with Crippen LogP contribution in [0, 0.1) is 13.8 Å². The highest BCUT2D eigenvalue weighted by Crippen LogP contribution is 2.22. The summed E-state index contributed by atoms with van der Waals surface area (Å²) in [6.45, 7) is 5.59. The lowest BCUT2D eigenvalue weighted by Crippen LogP contribution is -2.27. The first-order valence-electron chi connectivity index (χ1n) is 7.15. The van der Waals surface area contributed by atoms with Gasteiger partial charge in [-0.2, -0.15) is 0 Å². The molecule has 1 N–H and O–H groups in total. The van der Waals surface area contributed by atoms with Gasteiger partial charge >= 0.3 is 0 Å². The number of hydrogen-bond acceptors (Lipinski definition) is 4. The summed E-state index contributed by atoms with van der Waals surface area (Å²) in [6, 6.07) is 11.5. The first kappa shape index (κ1) is 14.3. The molecule has 0 aliphatic carbocycles.